The van der Waals surface area contributed by atoms with Crippen LogP contribution in [-0.4, -0.2) is 49.0 Å². The molecule has 0 saturated heterocycles. The Bertz CT molecular complexity index is 385. The third kappa shape index (κ3) is 3.68. The van der Waals surface area contributed by atoms with E-state index >= 15 is 0 Å². The second-order valence-corrected chi connectivity index (χ2v) is 4.63. The third-order valence-corrected chi connectivity index (χ3v) is 3.00. The Balaban J connectivity index is 2.63. The van der Waals surface area contributed by atoms with E-state index in [9.17, 15) is 4.79 Å². The van der Waals surface area contributed by atoms with Gasteiger partial charge in [-0.05, 0) is 33.9 Å². The Kier molecular flexibility index (Phi) is 4.90. The summed E-state index contributed by atoms with van der Waals surface area (Å²) in [5, 5.41) is 0. The van der Waals surface area contributed by atoms with Crippen LogP contribution in [0.25, 0.3) is 0 Å². The number of Topliss-reactive ketones (excluding diaryl/α,β-unsaturated/α-hetero) is 1. The van der Waals surface area contributed by atoms with Crippen LogP contribution in [-0.2, 0) is 4.74 Å². The van der Waals surface area contributed by atoms with Crippen molar-refractivity contribution in [3.05, 3.63) is 23.0 Å². The molecule has 1 aromatic rings. The van der Waals surface area contributed by atoms with Gasteiger partial charge in [-0.2, -0.15) is 0 Å². The topological polar surface area (TPSA) is 45.3 Å². The Morgan fingerprint density at radius 1 is 1.53 bits per heavy atom. The maximum absolute atomic E-state index is 12.1. The molecule has 0 spiro atoms. The van der Waals surface area contributed by atoms with E-state index in [-0.39, 0.29) is 11.8 Å². The van der Waals surface area contributed by atoms with E-state index < -0.39 is 0 Å². The predicted octanol–water partition coefficient (Wildman–Crippen LogP) is 1.78. The highest BCUT2D eigenvalue weighted by molar-refractivity contribution is 5.98. The molecule has 1 N–H and O–H groups in total. The fourth-order valence-electron chi connectivity index (χ4n) is 1.85. The fraction of sp³-hybridized carbons (Fsp3) is 0.615. The van der Waals surface area contributed by atoms with Crippen LogP contribution in [0.1, 0.15) is 28.7 Å². The van der Waals surface area contributed by atoms with Crippen molar-refractivity contribution in [2.75, 3.05) is 27.3 Å². The first-order valence-corrected chi connectivity index (χ1v) is 5.84. The number of methoxy groups -OCH3 is 1. The van der Waals surface area contributed by atoms with Crippen LogP contribution in [0.3, 0.4) is 0 Å². The van der Waals surface area contributed by atoms with Crippen LogP contribution < -0.4 is 0 Å². The largest absolute Gasteiger partial charge is 0.383 e. The highest BCUT2D eigenvalue weighted by Crippen LogP contribution is 2.11. The molecule has 1 rings (SSSR count). The minimum absolute atomic E-state index is 0.150. The van der Waals surface area contributed by atoms with E-state index in [1.165, 1.54) is 0 Å². The second kappa shape index (κ2) is 5.98. The molecule has 0 aliphatic heterocycles. The predicted molar refractivity (Wildman–Crippen MR) is 68.6 cm³/mol. The number of ether oxygens (including phenoxy) is 1. The number of aromatic nitrogens is 1. The van der Waals surface area contributed by atoms with Gasteiger partial charge in [0.1, 0.15) is 0 Å². The summed E-state index contributed by atoms with van der Waals surface area (Å²) >= 11 is 0. The maximum Gasteiger partial charge on any atom is 0.178 e. The van der Waals surface area contributed by atoms with Gasteiger partial charge >= 0.3 is 0 Å². The molecular weight excluding hydrogens is 216 g/mol. The number of aryl methyl sites for hydroxylation is 2. The normalized spacial score (nSPS) is 13.1. The van der Waals surface area contributed by atoms with Crippen LogP contribution in [0.4, 0.5) is 0 Å². The molecule has 17 heavy (non-hydrogen) atoms. The van der Waals surface area contributed by atoms with Crippen LogP contribution >= 0.6 is 0 Å². The van der Waals surface area contributed by atoms with Crippen molar-refractivity contribution < 1.29 is 9.53 Å². The first-order chi connectivity index (χ1) is 7.95. The average molecular weight is 238 g/mol. The number of rotatable bonds is 6. The molecule has 0 aliphatic rings. The van der Waals surface area contributed by atoms with Crippen molar-refractivity contribution in [3.8, 4) is 0 Å². The number of nitrogens with one attached hydrogen (secondary N) is 1. The van der Waals surface area contributed by atoms with Crippen LogP contribution in [0.2, 0.25) is 0 Å². The van der Waals surface area contributed by atoms with E-state index in [1.807, 2.05) is 38.8 Å². The lowest BCUT2D eigenvalue weighted by molar-refractivity contribution is 0.0841. The minimum atomic E-state index is 0.150. The zero-order valence-electron chi connectivity index (χ0n) is 11.3. The molecule has 0 bridgehead atoms. The van der Waals surface area contributed by atoms with Gasteiger partial charge in [0.2, 0.25) is 0 Å². The summed E-state index contributed by atoms with van der Waals surface area (Å²) in [5.41, 5.74) is 2.76. The monoisotopic (exact) mass is 238 g/mol. The van der Waals surface area contributed by atoms with Crippen LogP contribution in [0.5, 0.6) is 0 Å². The number of carbonyl (C=O) groups is 1. The van der Waals surface area contributed by atoms with Crippen molar-refractivity contribution >= 4 is 5.78 Å². The zero-order valence-corrected chi connectivity index (χ0v) is 11.3. The molecular formula is C13H22N2O2. The Morgan fingerprint density at radius 2 is 2.18 bits per heavy atom. The molecule has 0 saturated carbocycles. The van der Waals surface area contributed by atoms with E-state index in [0.29, 0.717) is 13.2 Å². The third-order valence-electron chi connectivity index (χ3n) is 3.00. The summed E-state index contributed by atoms with van der Waals surface area (Å²) in [6.07, 6.45) is 0. The molecule has 0 fully saturated rings. The molecule has 4 nitrogen and oxygen atoms in total. The fourth-order valence-corrected chi connectivity index (χ4v) is 1.85. The lowest BCUT2D eigenvalue weighted by Gasteiger charge is -2.23. The highest BCUT2D eigenvalue weighted by Gasteiger charge is 2.16. The number of aromatic amines is 1. The molecule has 0 amide bonds. The summed E-state index contributed by atoms with van der Waals surface area (Å²) in [4.78, 5) is 17.3. The standard InChI is InChI=1S/C13H22N2O2/c1-9-6-12(11(3)14-9)13(16)7-15(4)10(2)8-17-5/h6,10,14H,7-8H2,1-5H3. The van der Waals surface area contributed by atoms with E-state index in [2.05, 4.69) is 4.98 Å². The van der Waals surface area contributed by atoms with E-state index in [1.54, 1.807) is 7.11 Å². The average Bonchev–Trinajstić information content (AvgIpc) is 2.58. The molecule has 1 heterocycles. The molecule has 0 radical (unpaired) electrons. The lowest BCUT2D eigenvalue weighted by Crippen LogP contribution is -2.36. The summed E-state index contributed by atoms with van der Waals surface area (Å²) < 4.78 is 5.08. The van der Waals surface area contributed by atoms with Crippen molar-refractivity contribution in [1.29, 1.82) is 0 Å². The number of hydrogen-bond acceptors (Lipinski definition) is 3. The second-order valence-electron chi connectivity index (χ2n) is 4.63. The van der Waals surface area contributed by atoms with Crippen LogP contribution in [0, 0.1) is 13.8 Å². The van der Waals surface area contributed by atoms with Crippen molar-refractivity contribution in [2.45, 2.75) is 26.8 Å². The highest BCUT2D eigenvalue weighted by atomic mass is 16.5. The first-order valence-electron chi connectivity index (χ1n) is 5.84. The van der Waals surface area contributed by atoms with E-state index in [4.69, 9.17) is 4.74 Å². The van der Waals surface area contributed by atoms with Gasteiger partial charge < -0.3 is 9.72 Å². The van der Waals surface area contributed by atoms with Gasteiger partial charge in [0.05, 0.1) is 13.2 Å². The molecule has 0 aliphatic carbocycles. The molecule has 4 heteroatoms. The Hall–Kier alpha value is -1.13. The smallest absolute Gasteiger partial charge is 0.178 e. The van der Waals surface area contributed by atoms with Gasteiger partial charge in [0, 0.05) is 30.1 Å². The molecule has 96 valence electrons. The van der Waals surface area contributed by atoms with Gasteiger partial charge in [0.15, 0.2) is 5.78 Å². The van der Waals surface area contributed by atoms with Crippen molar-refractivity contribution in [2.24, 2.45) is 0 Å². The number of H-pyrrole nitrogens is 1. The molecule has 1 aromatic heterocycles. The molecule has 1 atom stereocenters. The quantitative estimate of drug-likeness (QED) is 0.768. The summed E-state index contributed by atoms with van der Waals surface area (Å²) in [6.45, 7) is 6.99. The number of nitrogens with zero attached hydrogens (tertiary/aromatic N) is 1. The lowest BCUT2D eigenvalue weighted by atomic mass is 10.1. The number of carbonyl (C=O) groups excluding carboxylic acids is 1. The van der Waals surface area contributed by atoms with Crippen molar-refractivity contribution in [1.82, 2.24) is 9.88 Å². The van der Waals surface area contributed by atoms with Gasteiger partial charge in [0.25, 0.3) is 0 Å². The zero-order chi connectivity index (χ0) is 13.0. The Morgan fingerprint density at radius 3 is 2.65 bits per heavy atom. The maximum atomic E-state index is 12.1. The Labute approximate surface area is 103 Å². The summed E-state index contributed by atoms with van der Waals surface area (Å²) in [5.74, 6) is 0.150. The number of hydrogen-bond donors (Lipinski definition) is 1. The molecule has 1 unspecified atom stereocenters. The molecule has 0 aromatic carbocycles. The number of ketones is 1. The first kappa shape index (κ1) is 13.9. The summed E-state index contributed by atoms with van der Waals surface area (Å²) in [7, 11) is 3.61. The van der Waals surface area contributed by atoms with Crippen molar-refractivity contribution in [3.63, 3.8) is 0 Å². The van der Waals surface area contributed by atoms with E-state index in [0.717, 1.165) is 17.0 Å². The van der Waals surface area contributed by atoms with Gasteiger partial charge in [-0.1, -0.05) is 0 Å². The SMILES string of the molecule is COCC(C)N(C)CC(=O)c1cc(C)[nH]c1C. The minimum Gasteiger partial charge on any atom is -0.383 e. The summed E-state index contributed by atoms with van der Waals surface area (Å²) in [6, 6.07) is 2.15. The van der Waals surface area contributed by atoms with Gasteiger partial charge in [-0.25, -0.2) is 0 Å². The van der Waals surface area contributed by atoms with Gasteiger partial charge in [-0.3, -0.25) is 9.69 Å². The van der Waals surface area contributed by atoms with Crippen LogP contribution in [0.15, 0.2) is 6.07 Å². The van der Waals surface area contributed by atoms with Gasteiger partial charge in [-0.15, -0.1) is 0 Å². The number of likely N-dealkylation sites (N-methyl/N-ethyl adjacent to an activating group) is 1.